The Morgan fingerprint density at radius 2 is 1.83 bits per heavy atom. The SMILES string of the molecule is Cc1cc(Nc2ncc(Cl)c(Nc3ccccc3[SH](=O)=O)n2)c(OC(C)C)cc1C1CCN(C)CC1. The van der Waals surface area contributed by atoms with Gasteiger partial charge in [-0.25, -0.2) is 13.4 Å². The second-order valence-electron chi connectivity index (χ2n) is 9.36. The van der Waals surface area contributed by atoms with Gasteiger partial charge in [-0.2, -0.15) is 4.98 Å². The van der Waals surface area contributed by atoms with Crippen molar-refractivity contribution in [2.75, 3.05) is 30.8 Å². The molecule has 192 valence electrons. The number of rotatable bonds is 8. The molecule has 10 heteroatoms. The van der Waals surface area contributed by atoms with E-state index in [9.17, 15) is 8.42 Å². The van der Waals surface area contributed by atoms with Crippen LogP contribution >= 0.6 is 11.6 Å². The molecule has 1 saturated heterocycles. The van der Waals surface area contributed by atoms with Gasteiger partial charge in [0, 0.05) is 0 Å². The smallest absolute Gasteiger partial charge is 0.229 e. The number of aromatic nitrogens is 2. The number of likely N-dealkylation sites (tertiary alicyclic amines) is 1. The standard InChI is InChI=1S/C26H32ClN5O3S/c1-16(2)35-23-14-19(18-9-11-32(4)12-10-18)17(3)13-22(23)30-26-28-15-20(27)25(31-26)29-21-7-5-6-8-24(21)36(33)34/h5-8,13-16,18,36H,9-12H2,1-4H3,(H2,28,29,30,31). The fourth-order valence-electron chi connectivity index (χ4n) is 4.41. The second-order valence-corrected chi connectivity index (χ2v) is 10.8. The quantitative estimate of drug-likeness (QED) is 0.329. The maximum Gasteiger partial charge on any atom is 0.229 e. The van der Waals surface area contributed by atoms with Crippen molar-refractivity contribution in [1.82, 2.24) is 14.9 Å². The molecule has 0 bridgehead atoms. The van der Waals surface area contributed by atoms with Gasteiger partial charge in [-0.3, -0.25) is 0 Å². The van der Waals surface area contributed by atoms with Crippen LogP contribution in [0.25, 0.3) is 0 Å². The minimum absolute atomic E-state index is 0.00691. The Labute approximate surface area is 219 Å². The molecule has 4 rings (SSSR count). The number of nitrogens with one attached hydrogen (secondary N) is 2. The highest BCUT2D eigenvalue weighted by molar-refractivity contribution is 7.72. The summed E-state index contributed by atoms with van der Waals surface area (Å²) in [5, 5.41) is 6.56. The molecule has 1 aromatic heterocycles. The first-order valence-corrected chi connectivity index (χ1v) is 13.6. The van der Waals surface area contributed by atoms with Crippen molar-refractivity contribution in [2.45, 2.75) is 50.5 Å². The van der Waals surface area contributed by atoms with E-state index in [2.05, 4.69) is 51.6 Å². The number of ether oxygens (including phenoxy) is 1. The monoisotopic (exact) mass is 529 g/mol. The van der Waals surface area contributed by atoms with Gasteiger partial charge in [0.25, 0.3) is 0 Å². The van der Waals surface area contributed by atoms with Crippen molar-refractivity contribution in [1.29, 1.82) is 0 Å². The summed E-state index contributed by atoms with van der Waals surface area (Å²) >= 11 is 6.33. The zero-order valence-electron chi connectivity index (χ0n) is 20.9. The Bertz CT molecular complexity index is 1300. The number of benzene rings is 2. The molecule has 1 fully saturated rings. The molecule has 0 saturated carbocycles. The molecule has 36 heavy (non-hydrogen) atoms. The van der Waals surface area contributed by atoms with Crippen LogP contribution in [0.2, 0.25) is 5.02 Å². The van der Waals surface area contributed by atoms with Gasteiger partial charge in [0.05, 0.1) is 28.6 Å². The minimum atomic E-state index is -2.78. The molecule has 0 amide bonds. The van der Waals surface area contributed by atoms with Crippen LogP contribution in [0.1, 0.15) is 43.7 Å². The van der Waals surface area contributed by atoms with E-state index in [1.54, 1.807) is 18.2 Å². The molecule has 1 aliphatic heterocycles. The lowest BCUT2D eigenvalue weighted by molar-refractivity contribution is 0.241. The largest absolute Gasteiger partial charge is 0.489 e. The molecule has 2 N–H and O–H groups in total. The lowest BCUT2D eigenvalue weighted by Gasteiger charge is -2.30. The highest BCUT2D eigenvalue weighted by Gasteiger charge is 2.22. The van der Waals surface area contributed by atoms with E-state index < -0.39 is 10.7 Å². The predicted molar refractivity (Wildman–Crippen MR) is 145 cm³/mol. The Kier molecular flexibility index (Phi) is 8.33. The van der Waals surface area contributed by atoms with Crippen LogP contribution in [-0.4, -0.2) is 49.5 Å². The van der Waals surface area contributed by atoms with Crippen LogP contribution in [-0.2, 0) is 10.7 Å². The summed E-state index contributed by atoms with van der Waals surface area (Å²) in [6, 6.07) is 10.8. The summed E-state index contributed by atoms with van der Waals surface area (Å²) in [7, 11) is -0.617. The predicted octanol–water partition coefficient (Wildman–Crippen LogP) is 5.49. The van der Waals surface area contributed by atoms with E-state index >= 15 is 0 Å². The van der Waals surface area contributed by atoms with E-state index in [0.29, 0.717) is 23.4 Å². The maximum absolute atomic E-state index is 11.6. The van der Waals surface area contributed by atoms with Crippen LogP contribution in [0.3, 0.4) is 0 Å². The molecule has 0 atom stereocenters. The van der Waals surface area contributed by atoms with Crippen molar-refractivity contribution in [3.63, 3.8) is 0 Å². The number of piperidine rings is 1. The van der Waals surface area contributed by atoms with E-state index in [4.69, 9.17) is 16.3 Å². The zero-order chi connectivity index (χ0) is 25.8. The lowest BCUT2D eigenvalue weighted by atomic mass is 9.86. The zero-order valence-corrected chi connectivity index (χ0v) is 22.6. The molecule has 2 heterocycles. The summed E-state index contributed by atoms with van der Waals surface area (Å²) in [6.07, 6.45) is 3.71. The van der Waals surface area contributed by atoms with Crippen LogP contribution in [0.5, 0.6) is 5.75 Å². The van der Waals surface area contributed by atoms with Crippen LogP contribution in [0.4, 0.5) is 23.1 Å². The highest BCUT2D eigenvalue weighted by atomic mass is 35.5. The van der Waals surface area contributed by atoms with Crippen molar-refractivity contribution in [3.05, 3.63) is 58.7 Å². The number of hydrogen-bond acceptors (Lipinski definition) is 8. The summed E-state index contributed by atoms with van der Waals surface area (Å²) in [5.41, 5.74) is 3.65. The second kappa shape index (κ2) is 11.5. The van der Waals surface area contributed by atoms with Crippen molar-refractivity contribution in [2.24, 2.45) is 0 Å². The average Bonchev–Trinajstić information content (AvgIpc) is 2.83. The molecule has 0 unspecified atom stereocenters. The Morgan fingerprint density at radius 3 is 2.53 bits per heavy atom. The Hall–Kier alpha value is -2.88. The van der Waals surface area contributed by atoms with Gasteiger partial charge in [0.2, 0.25) is 5.95 Å². The van der Waals surface area contributed by atoms with Gasteiger partial charge in [0.1, 0.15) is 10.8 Å². The highest BCUT2D eigenvalue weighted by Crippen LogP contribution is 2.38. The Morgan fingerprint density at radius 1 is 1.11 bits per heavy atom. The summed E-state index contributed by atoms with van der Waals surface area (Å²) in [4.78, 5) is 11.4. The lowest BCUT2D eigenvalue weighted by Crippen LogP contribution is -2.29. The van der Waals surface area contributed by atoms with Crippen LogP contribution < -0.4 is 15.4 Å². The normalized spacial score (nSPS) is 14.9. The van der Waals surface area contributed by atoms with Gasteiger partial charge in [0.15, 0.2) is 16.5 Å². The first-order valence-electron chi connectivity index (χ1n) is 12.0. The van der Waals surface area contributed by atoms with Gasteiger partial charge in [-0.15, -0.1) is 0 Å². The van der Waals surface area contributed by atoms with E-state index in [0.717, 1.165) is 37.4 Å². The molecular formula is C26H32ClN5O3S. The fraction of sp³-hybridized carbons (Fsp3) is 0.385. The topological polar surface area (TPSA) is 96.5 Å². The first kappa shape index (κ1) is 26.2. The number of hydrogen-bond donors (Lipinski definition) is 3. The summed E-state index contributed by atoms with van der Waals surface area (Å²) < 4.78 is 29.4. The Balaban J connectivity index is 1.64. The third kappa shape index (κ3) is 6.27. The first-order chi connectivity index (χ1) is 17.2. The molecular weight excluding hydrogens is 498 g/mol. The molecule has 3 aromatic rings. The number of para-hydroxylation sites is 1. The molecule has 0 radical (unpaired) electrons. The van der Waals surface area contributed by atoms with E-state index in [-0.39, 0.29) is 16.0 Å². The molecule has 0 spiro atoms. The summed E-state index contributed by atoms with van der Waals surface area (Å²) in [6.45, 7) is 8.29. The van der Waals surface area contributed by atoms with Gasteiger partial charge in [-0.05, 0) is 95.1 Å². The van der Waals surface area contributed by atoms with Crippen LogP contribution in [0.15, 0.2) is 47.5 Å². The van der Waals surface area contributed by atoms with Gasteiger partial charge in [-0.1, -0.05) is 23.7 Å². The van der Waals surface area contributed by atoms with Crippen molar-refractivity contribution < 1.29 is 13.2 Å². The molecule has 0 aliphatic carbocycles. The fourth-order valence-corrected chi connectivity index (χ4v) is 5.09. The number of thiol groups is 1. The number of anilines is 4. The molecule has 8 nitrogen and oxygen atoms in total. The number of aryl methyl sites for hydroxylation is 1. The van der Waals surface area contributed by atoms with Gasteiger partial charge >= 0.3 is 0 Å². The number of nitrogens with zero attached hydrogens (tertiary/aromatic N) is 3. The van der Waals surface area contributed by atoms with Gasteiger partial charge < -0.3 is 20.3 Å². The minimum Gasteiger partial charge on any atom is -0.489 e. The number of halogens is 1. The van der Waals surface area contributed by atoms with Crippen molar-refractivity contribution >= 4 is 45.4 Å². The van der Waals surface area contributed by atoms with Crippen LogP contribution in [0, 0.1) is 6.92 Å². The van der Waals surface area contributed by atoms with E-state index in [1.165, 1.54) is 23.4 Å². The summed E-state index contributed by atoms with van der Waals surface area (Å²) in [5.74, 6) is 1.85. The van der Waals surface area contributed by atoms with Crippen molar-refractivity contribution in [3.8, 4) is 5.75 Å². The third-order valence-electron chi connectivity index (χ3n) is 6.23. The van der Waals surface area contributed by atoms with E-state index in [1.807, 2.05) is 13.8 Å². The molecule has 1 aliphatic rings. The average molecular weight is 530 g/mol. The third-order valence-corrected chi connectivity index (χ3v) is 7.29. The molecule has 2 aromatic carbocycles. The maximum atomic E-state index is 11.6.